The highest BCUT2D eigenvalue weighted by molar-refractivity contribution is 7.99. The molecule has 5 nitrogen and oxygen atoms in total. The number of benzene rings is 2. The lowest BCUT2D eigenvalue weighted by atomic mass is 10.2. The van der Waals surface area contributed by atoms with Crippen molar-refractivity contribution in [2.45, 2.75) is 18.0 Å². The van der Waals surface area contributed by atoms with E-state index in [9.17, 15) is 4.79 Å². The molecule has 3 aromatic rings. The van der Waals surface area contributed by atoms with Crippen LogP contribution < -0.4 is 0 Å². The molecule has 0 N–H and O–H groups in total. The van der Waals surface area contributed by atoms with Crippen LogP contribution in [-0.2, 0) is 4.79 Å². The van der Waals surface area contributed by atoms with E-state index in [-0.39, 0.29) is 5.91 Å². The van der Waals surface area contributed by atoms with Crippen LogP contribution >= 0.6 is 23.4 Å². The number of carbonyl (C=O) groups is 1. The molecule has 0 bridgehead atoms. The third-order valence-electron chi connectivity index (χ3n) is 4.52. The van der Waals surface area contributed by atoms with Gasteiger partial charge in [0.25, 0.3) is 0 Å². The first-order chi connectivity index (χ1) is 13.2. The third-order valence-corrected chi connectivity index (χ3v) is 5.66. The van der Waals surface area contributed by atoms with Crippen molar-refractivity contribution in [3.05, 3.63) is 59.6 Å². The van der Waals surface area contributed by atoms with E-state index in [1.54, 1.807) is 0 Å². The average molecular weight is 399 g/mol. The molecule has 1 aliphatic heterocycles. The van der Waals surface area contributed by atoms with Gasteiger partial charge in [-0.1, -0.05) is 59.8 Å². The topological polar surface area (TPSA) is 51.0 Å². The van der Waals surface area contributed by atoms with Crippen LogP contribution in [0.4, 0.5) is 0 Å². The summed E-state index contributed by atoms with van der Waals surface area (Å²) in [5.74, 6) is 1.24. The van der Waals surface area contributed by atoms with Gasteiger partial charge in [-0.2, -0.15) is 0 Å². The summed E-state index contributed by atoms with van der Waals surface area (Å²) in [7, 11) is 0. The van der Waals surface area contributed by atoms with Crippen LogP contribution in [0.2, 0.25) is 5.02 Å². The van der Waals surface area contributed by atoms with Gasteiger partial charge in [0.2, 0.25) is 5.91 Å². The van der Waals surface area contributed by atoms with E-state index < -0.39 is 0 Å². The second-order valence-corrected chi connectivity index (χ2v) is 7.74. The van der Waals surface area contributed by atoms with Crippen LogP contribution in [0.5, 0.6) is 0 Å². The Kier molecular flexibility index (Phi) is 5.45. The minimum atomic E-state index is 0.152. The summed E-state index contributed by atoms with van der Waals surface area (Å²) in [4.78, 5) is 14.3. The quantitative estimate of drug-likeness (QED) is 0.601. The monoisotopic (exact) mass is 398 g/mol. The zero-order valence-electron chi connectivity index (χ0n) is 14.7. The van der Waals surface area contributed by atoms with Gasteiger partial charge in [0.05, 0.1) is 11.4 Å². The van der Waals surface area contributed by atoms with Crippen molar-refractivity contribution in [2.75, 3.05) is 18.8 Å². The number of hydrogen-bond donors (Lipinski definition) is 0. The molecule has 27 heavy (non-hydrogen) atoms. The molecule has 1 fully saturated rings. The number of aromatic nitrogens is 3. The summed E-state index contributed by atoms with van der Waals surface area (Å²) in [6, 6.07) is 17.5. The molecule has 1 saturated heterocycles. The summed E-state index contributed by atoms with van der Waals surface area (Å²) in [6.07, 6.45) is 2.18. The molecule has 0 atom stereocenters. The summed E-state index contributed by atoms with van der Waals surface area (Å²) in [5.41, 5.74) is 1.84. The Morgan fingerprint density at radius 2 is 1.81 bits per heavy atom. The maximum atomic E-state index is 12.4. The lowest BCUT2D eigenvalue weighted by Gasteiger charge is -2.15. The Morgan fingerprint density at radius 3 is 2.56 bits per heavy atom. The Bertz CT molecular complexity index is 938. The van der Waals surface area contributed by atoms with Crippen molar-refractivity contribution in [3.8, 4) is 17.1 Å². The predicted octanol–water partition coefficient (Wildman–Crippen LogP) is 4.30. The van der Waals surface area contributed by atoms with Gasteiger partial charge in [-0.05, 0) is 31.0 Å². The summed E-state index contributed by atoms with van der Waals surface area (Å²) < 4.78 is 1.96. The molecule has 0 spiro atoms. The zero-order valence-corrected chi connectivity index (χ0v) is 16.3. The molecule has 0 unspecified atom stereocenters. The number of likely N-dealkylation sites (tertiary alicyclic amines) is 1. The van der Waals surface area contributed by atoms with Crippen LogP contribution in [0, 0.1) is 0 Å². The largest absolute Gasteiger partial charge is 0.342 e. The van der Waals surface area contributed by atoms with Crippen molar-refractivity contribution >= 4 is 29.3 Å². The van der Waals surface area contributed by atoms with E-state index in [1.807, 2.05) is 64.1 Å². The fraction of sp³-hybridized carbons (Fsp3) is 0.250. The second kappa shape index (κ2) is 8.15. The SMILES string of the molecule is O=C(CSc1nnc(-c2ccccc2)n1-c1cccc(Cl)c1)N1CCCC1. The predicted molar refractivity (Wildman–Crippen MR) is 108 cm³/mol. The smallest absolute Gasteiger partial charge is 0.233 e. The normalized spacial score (nSPS) is 13.9. The Morgan fingerprint density at radius 1 is 1.04 bits per heavy atom. The number of rotatable bonds is 5. The fourth-order valence-electron chi connectivity index (χ4n) is 3.17. The molecule has 1 aliphatic rings. The third kappa shape index (κ3) is 4.01. The van der Waals surface area contributed by atoms with Crippen LogP contribution in [0.15, 0.2) is 59.8 Å². The molecule has 7 heteroatoms. The molecular formula is C20H19ClN4OS. The highest BCUT2D eigenvalue weighted by Crippen LogP contribution is 2.29. The first-order valence-electron chi connectivity index (χ1n) is 8.90. The van der Waals surface area contributed by atoms with Gasteiger partial charge in [0.15, 0.2) is 11.0 Å². The summed E-state index contributed by atoms with van der Waals surface area (Å²) >= 11 is 7.62. The van der Waals surface area contributed by atoms with E-state index in [0.717, 1.165) is 43.0 Å². The van der Waals surface area contributed by atoms with Gasteiger partial charge in [0.1, 0.15) is 0 Å². The number of thioether (sulfide) groups is 1. The second-order valence-electron chi connectivity index (χ2n) is 6.36. The maximum Gasteiger partial charge on any atom is 0.233 e. The fourth-order valence-corrected chi connectivity index (χ4v) is 4.21. The van der Waals surface area contributed by atoms with E-state index in [1.165, 1.54) is 11.8 Å². The molecule has 0 saturated carbocycles. The van der Waals surface area contributed by atoms with Crippen molar-refractivity contribution in [3.63, 3.8) is 0 Å². The summed E-state index contributed by atoms with van der Waals surface area (Å²) in [6.45, 7) is 1.71. The van der Waals surface area contributed by atoms with Crippen LogP contribution in [0.3, 0.4) is 0 Å². The molecule has 0 radical (unpaired) electrons. The number of carbonyl (C=O) groups excluding carboxylic acids is 1. The number of hydrogen-bond acceptors (Lipinski definition) is 4. The number of nitrogens with zero attached hydrogens (tertiary/aromatic N) is 4. The molecule has 2 aromatic carbocycles. The first-order valence-corrected chi connectivity index (χ1v) is 10.3. The van der Waals surface area contributed by atoms with Gasteiger partial charge >= 0.3 is 0 Å². The van der Waals surface area contributed by atoms with Crippen molar-refractivity contribution in [1.29, 1.82) is 0 Å². The van der Waals surface area contributed by atoms with E-state index in [0.29, 0.717) is 15.9 Å². The number of amides is 1. The minimum Gasteiger partial charge on any atom is -0.342 e. The zero-order chi connectivity index (χ0) is 18.6. The highest BCUT2D eigenvalue weighted by Gasteiger charge is 2.21. The molecule has 1 amide bonds. The number of halogens is 1. The average Bonchev–Trinajstić information content (AvgIpc) is 3.37. The molecule has 4 rings (SSSR count). The van der Waals surface area contributed by atoms with Gasteiger partial charge in [0, 0.05) is 23.7 Å². The van der Waals surface area contributed by atoms with Crippen LogP contribution in [0.1, 0.15) is 12.8 Å². The molecule has 1 aromatic heterocycles. The van der Waals surface area contributed by atoms with Gasteiger partial charge in [-0.3, -0.25) is 9.36 Å². The van der Waals surface area contributed by atoms with Crippen LogP contribution in [0.25, 0.3) is 17.1 Å². The Labute approximate surface area is 167 Å². The van der Waals surface area contributed by atoms with Crippen molar-refractivity contribution in [2.24, 2.45) is 0 Å². The molecule has 0 aliphatic carbocycles. The first kappa shape index (κ1) is 18.1. The van der Waals surface area contributed by atoms with Crippen molar-refractivity contribution < 1.29 is 4.79 Å². The van der Waals surface area contributed by atoms with E-state index >= 15 is 0 Å². The maximum absolute atomic E-state index is 12.4. The van der Waals surface area contributed by atoms with Gasteiger partial charge in [-0.25, -0.2) is 0 Å². The molecular weight excluding hydrogens is 380 g/mol. The summed E-state index contributed by atoms with van der Waals surface area (Å²) in [5, 5.41) is 10.1. The lowest BCUT2D eigenvalue weighted by molar-refractivity contribution is -0.127. The van der Waals surface area contributed by atoms with Gasteiger partial charge < -0.3 is 4.90 Å². The lowest BCUT2D eigenvalue weighted by Crippen LogP contribution is -2.29. The molecule has 138 valence electrons. The Hall–Kier alpha value is -2.31. The van der Waals surface area contributed by atoms with Crippen molar-refractivity contribution in [1.82, 2.24) is 19.7 Å². The van der Waals surface area contributed by atoms with E-state index in [2.05, 4.69) is 10.2 Å². The standard InChI is InChI=1S/C20H19ClN4OS/c21-16-9-6-10-17(13-16)25-19(15-7-2-1-3-8-15)22-23-20(25)27-14-18(26)24-11-4-5-12-24/h1-3,6-10,13H,4-5,11-12,14H2. The minimum absolute atomic E-state index is 0.152. The molecule has 2 heterocycles. The highest BCUT2D eigenvalue weighted by atomic mass is 35.5. The Balaban J connectivity index is 1.67. The van der Waals surface area contributed by atoms with Crippen LogP contribution in [-0.4, -0.2) is 44.4 Å². The van der Waals surface area contributed by atoms with Gasteiger partial charge in [-0.15, -0.1) is 10.2 Å². The van der Waals surface area contributed by atoms with E-state index in [4.69, 9.17) is 11.6 Å².